The number of hydrogen-bond donors (Lipinski definition) is 1. The molecule has 1 heterocycles. The Bertz CT molecular complexity index is 1190. The van der Waals surface area contributed by atoms with Crippen molar-refractivity contribution in [2.24, 2.45) is 0 Å². The van der Waals surface area contributed by atoms with Crippen LogP contribution in [0.3, 0.4) is 0 Å². The summed E-state index contributed by atoms with van der Waals surface area (Å²) in [6.07, 6.45) is 0. The van der Waals surface area contributed by atoms with E-state index in [1.54, 1.807) is 36.4 Å². The molecule has 0 spiro atoms. The number of rotatable bonds is 6. The van der Waals surface area contributed by atoms with E-state index in [4.69, 9.17) is 21.1 Å². The van der Waals surface area contributed by atoms with Crippen LogP contribution in [0.5, 0.6) is 11.5 Å². The van der Waals surface area contributed by atoms with E-state index in [9.17, 15) is 13.2 Å². The molecule has 3 aromatic rings. The summed E-state index contributed by atoms with van der Waals surface area (Å²) in [5.74, 6) is 0.457. The van der Waals surface area contributed by atoms with Gasteiger partial charge in [-0.1, -0.05) is 29.8 Å². The third-order valence-corrected chi connectivity index (χ3v) is 7.03. The molecule has 166 valence electrons. The first kappa shape index (κ1) is 22.3. The predicted octanol–water partition coefficient (Wildman–Crippen LogP) is 4.41. The van der Waals surface area contributed by atoms with Crippen LogP contribution in [0.15, 0.2) is 77.7 Å². The van der Waals surface area contributed by atoms with E-state index in [1.807, 2.05) is 18.2 Å². The fourth-order valence-electron chi connectivity index (χ4n) is 3.20. The lowest BCUT2D eigenvalue weighted by Crippen LogP contribution is -2.40. The standard InChI is InChI=1S/C23H21ClN2O5S/c24-18-8-6-17(7-9-18)23(27)25-21-16-20(32(28,29)26-12-14-30-15-13-26)10-11-22(21)31-19-4-2-1-3-5-19/h1-11,16H,12-15H2,(H,25,27). The van der Waals surface area contributed by atoms with Gasteiger partial charge in [0.2, 0.25) is 10.0 Å². The summed E-state index contributed by atoms with van der Waals surface area (Å²) in [7, 11) is -3.75. The second-order valence-electron chi connectivity index (χ2n) is 7.05. The third-order valence-electron chi connectivity index (χ3n) is 4.88. The number of halogens is 1. The van der Waals surface area contributed by atoms with Gasteiger partial charge in [0.15, 0.2) is 5.75 Å². The maximum Gasteiger partial charge on any atom is 0.255 e. The number of carbonyl (C=O) groups excluding carboxylic acids is 1. The largest absolute Gasteiger partial charge is 0.455 e. The van der Waals surface area contributed by atoms with Gasteiger partial charge in [-0.25, -0.2) is 8.42 Å². The second-order valence-corrected chi connectivity index (χ2v) is 9.42. The Kier molecular flexibility index (Phi) is 6.76. The van der Waals surface area contributed by atoms with Gasteiger partial charge in [0.1, 0.15) is 5.75 Å². The average molecular weight is 473 g/mol. The summed E-state index contributed by atoms with van der Waals surface area (Å²) in [6, 6.07) is 19.8. The van der Waals surface area contributed by atoms with Gasteiger partial charge in [-0.3, -0.25) is 4.79 Å². The van der Waals surface area contributed by atoms with Crippen molar-refractivity contribution < 1.29 is 22.7 Å². The molecule has 32 heavy (non-hydrogen) atoms. The highest BCUT2D eigenvalue weighted by molar-refractivity contribution is 7.89. The lowest BCUT2D eigenvalue weighted by Gasteiger charge is -2.26. The summed E-state index contributed by atoms with van der Waals surface area (Å²) in [5, 5.41) is 3.27. The molecule has 1 aliphatic heterocycles. The van der Waals surface area contributed by atoms with Crippen molar-refractivity contribution in [3.63, 3.8) is 0 Å². The monoisotopic (exact) mass is 472 g/mol. The van der Waals surface area contributed by atoms with Crippen LogP contribution in [-0.4, -0.2) is 44.9 Å². The lowest BCUT2D eigenvalue weighted by atomic mass is 10.2. The topological polar surface area (TPSA) is 84.9 Å². The number of ether oxygens (including phenoxy) is 2. The smallest absolute Gasteiger partial charge is 0.255 e. The number of para-hydroxylation sites is 1. The molecule has 0 aromatic heterocycles. The zero-order valence-corrected chi connectivity index (χ0v) is 18.6. The number of carbonyl (C=O) groups is 1. The minimum Gasteiger partial charge on any atom is -0.455 e. The number of benzene rings is 3. The zero-order valence-electron chi connectivity index (χ0n) is 17.0. The molecule has 1 amide bonds. The maximum absolute atomic E-state index is 13.1. The van der Waals surface area contributed by atoms with E-state index in [-0.39, 0.29) is 23.7 Å². The Balaban J connectivity index is 1.68. The highest BCUT2D eigenvalue weighted by Crippen LogP contribution is 2.33. The van der Waals surface area contributed by atoms with Gasteiger partial charge in [0.05, 0.1) is 23.8 Å². The van der Waals surface area contributed by atoms with Gasteiger partial charge in [0, 0.05) is 23.7 Å². The van der Waals surface area contributed by atoms with Gasteiger partial charge < -0.3 is 14.8 Å². The van der Waals surface area contributed by atoms with Crippen LogP contribution in [0.4, 0.5) is 5.69 Å². The molecule has 0 bridgehead atoms. The van der Waals surface area contributed by atoms with E-state index in [2.05, 4.69) is 5.32 Å². The Morgan fingerprint density at radius 1 is 0.969 bits per heavy atom. The van der Waals surface area contributed by atoms with E-state index in [0.29, 0.717) is 35.3 Å². The number of hydrogen-bond acceptors (Lipinski definition) is 5. The molecule has 0 unspecified atom stereocenters. The fraction of sp³-hybridized carbons (Fsp3) is 0.174. The van der Waals surface area contributed by atoms with Crippen molar-refractivity contribution in [3.05, 3.63) is 83.4 Å². The number of amides is 1. The summed E-state index contributed by atoms with van der Waals surface area (Å²) < 4.78 is 38.8. The van der Waals surface area contributed by atoms with Crippen LogP contribution in [-0.2, 0) is 14.8 Å². The highest BCUT2D eigenvalue weighted by atomic mass is 35.5. The molecule has 1 saturated heterocycles. The maximum atomic E-state index is 13.1. The van der Waals surface area contributed by atoms with Crippen LogP contribution in [0.1, 0.15) is 10.4 Å². The number of nitrogens with zero attached hydrogens (tertiary/aromatic N) is 1. The molecule has 0 atom stereocenters. The van der Waals surface area contributed by atoms with Gasteiger partial charge in [-0.2, -0.15) is 4.31 Å². The lowest BCUT2D eigenvalue weighted by molar-refractivity contribution is 0.0730. The molecule has 1 fully saturated rings. The summed E-state index contributed by atoms with van der Waals surface area (Å²) in [4.78, 5) is 12.9. The minimum absolute atomic E-state index is 0.0613. The van der Waals surface area contributed by atoms with Crippen LogP contribution in [0.2, 0.25) is 5.02 Å². The van der Waals surface area contributed by atoms with Crippen molar-refractivity contribution in [1.29, 1.82) is 0 Å². The predicted molar refractivity (Wildman–Crippen MR) is 122 cm³/mol. The second kappa shape index (κ2) is 9.70. The van der Waals surface area contributed by atoms with E-state index >= 15 is 0 Å². The number of sulfonamides is 1. The Morgan fingerprint density at radius 3 is 2.34 bits per heavy atom. The first-order valence-corrected chi connectivity index (χ1v) is 11.8. The molecule has 0 radical (unpaired) electrons. The van der Waals surface area contributed by atoms with Crippen LogP contribution in [0, 0.1) is 0 Å². The first-order valence-electron chi connectivity index (χ1n) is 9.95. The number of nitrogens with one attached hydrogen (secondary N) is 1. The number of anilines is 1. The average Bonchev–Trinajstić information content (AvgIpc) is 2.82. The minimum atomic E-state index is -3.75. The van der Waals surface area contributed by atoms with Crippen molar-refractivity contribution in [2.45, 2.75) is 4.90 Å². The Hall–Kier alpha value is -2.91. The summed E-state index contributed by atoms with van der Waals surface area (Å²) in [5.41, 5.74) is 0.615. The summed E-state index contributed by atoms with van der Waals surface area (Å²) >= 11 is 5.90. The number of morpholine rings is 1. The summed E-state index contributed by atoms with van der Waals surface area (Å²) in [6.45, 7) is 1.23. The van der Waals surface area contributed by atoms with Gasteiger partial charge in [0.25, 0.3) is 5.91 Å². The van der Waals surface area contributed by atoms with E-state index < -0.39 is 15.9 Å². The molecule has 7 nitrogen and oxygen atoms in total. The van der Waals surface area contributed by atoms with Crippen LogP contribution >= 0.6 is 11.6 Å². The Labute approximate surface area is 191 Å². The van der Waals surface area contributed by atoms with Gasteiger partial charge in [-0.15, -0.1) is 0 Å². The molecule has 1 aliphatic rings. The molecular formula is C23H21ClN2O5S. The fourth-order valence-corrected chi connectivity index (χ4v) is 4.76. The zero-order chi connectivity index (χ0) is 22.6. The van der Waals surface area contributed by atoms with Crippen molar-refractivity contribution >= 4 is 33.2 Å². The highest BCUT2D eigenvalue weighted by Gasteiger charge is 2.27. The molecule has 3 aromatic carbocycles. The van der Waals surface area contributed by atoms with Gasteiger partial charge in [-0.05, 0) is 54.6 Å². The van der Waals surface area contributed by atoms with Crippen LogP contribution in [0.25, 0.3) is 0 Å². The molecule has 4 rings (SSSR count). The Morgan fingerprint density at radius 2 is 1.66 bits per heavy atom. The van der Waals surface area contributed by atoms with E-state index in [1.165, 1.54) is 22.5 Å². The first-order chi connectivity index (χ1) is 15.4. The SMILES string of the molecule is O=C(Nc1cc(S(=O)(=O)N2CCOCC2)ccc1Oc1ccccc1)c1ccc(Cl)cc1. The van der Waals surface area contributed by atoms with Crippen molar-refractivity contribution in [1.82, 2.24) is 4.31 Å². The molecule has 1 N–H and O–H groups in total. The van der Waals surface area contributed by atoms with Crippen molar-refractivity contribution in [2.75, 3.05) is 31.6 Å². The van der Waals surface area contributed by atoms with Crippen molar-refractivity contribution in [3.8, 4) is 11.5 Å². The normalized spacial score (nSPS) is 14.7. The third kappa shape index (κ3) is 5.11. The molecule has 0 aliphatic carbocycles. The molecular weight excluding hydrogens is 452 g/mol. The van der Waals surface area contributed by atoms with E-state index in [0.717, 1.165) is 0 Å². The van der Waals surface area contributed by atoms with Crippen LogP contribution < -0.4 is 10.1 Å². The van der Waals surface area contributed by atoms with Gasteiger partial charge >= 0.3 is 0 Å². The quantitative estimate of drug-likeness (QED) is 0.574. The molecule has 0 saturated carbocycles. The molecule has 9 heteroatoms.